The van der Waals surface area contributed by atoms with E-state index in [0.717, 1.165) is 29.8 Å². The Kier molecular flexibility index (Phi) is 3.42. The normalized spacial score (nSPS) is 16.4. The zero-order valence-corrected chi connectivity index (χ0v) is 11.5. The number of benzene rings is 2. The monoisotopic (exact) mass is 266 g/mol. The Hall–Kier alpha value is -2.29. The van der Waals surface area contributed by atoms with E-state index in [2.05, 4.69) is 23.6 Å². The molecular formula is C17H18N2O. The van der Waals surface area contributed by atoms with Crippen molar-refractivity contribution in [2.24, 2.45) is 0 Å². The van der Waals surface area contributed by atoms with E-state index in [0.29, 0.717) is 0 Å². The summed E-state index contributed by atoms with van der Waals surface area (Å²) in [5.74, 6) is 0.0297. The largest absolute Gasteiger partial charge is 0.373 e. The van der Waals surface area contributed by atoms with Crippen LogP contribution in [-0.4, -0.2) is 11.9 Å². The standard InChI is InChI=1S/C17H18N2O/c1-2-12-7-3-5-9-14(12)19-17(20)16-11-13-8-4-6-10-15(13)18-16/h3-10,16,18H,2,11H2,1H3,(H,19,20). The van der Waals surface area contributed by atoms with Gasteiger partial charge in [0.15, 0.2) is 0 Å². The molecule has 1 heterocycles. The summed E-state index contributed by atoms with van der Waals surface area (Å²) in [5, 5.41) is 6.32. The molecule has 1 aliphatic rings. The van der Waals surface area contributed by atoms with Crippen LogP contribution in [0.25, 0.3) is 0 Å². The van der Waals surface area contributed by atoms with Gasteiger partial charge in [-0.05, 0) is 29.7 Å². The number of hydrogen-bond acceptors (Lipinski definition) is 2. The summed E-state index contributed by atoms with van der Waals surface area (Å²) in [6.07, 6.45) is 1.66. The van der Waals surface area contributed by atoms with Gasteiger partial charge in [-0.3, -0.25) is 4.79 Å². The summed E-state index contributed by atoms with van der Waals surface area (Å²) in [6.45, 7) is 2.09. The first-order valence-electron chi connectivity index (χ1n) is 7.01. The molecule has 0 saturated heterocycles. The second kappa shape index (κ2) is 5.37. The maximum atomic E-state index is 12.4. The molecule has 3 heteroatoms. The molecule has 3 rings (SSSR count). The molecule has 20 heavy (non-hydrogen) atoms. The van der Waals surface area contributed by atoms with Gasteiger partial charge in [-0.25, -0.2) is 0 Å². The highest BCUT2D eigenvalue weighted by molar-refractivity contribution is 5.98. The summed E-state index contributed by atoms with van der Waals surface area (Å²) in [4.78, 5) is 12.4. The highest BCUT2D eigenvalue weighted by atomic mass is 16.2. The molecule has 0 bridgehead atoms. The molecule has 2 aromatic rings. The van der Waals surface area contributed by atoms with Crippen molar-refractivity contribution in [1.29, 1.82) is 0 Å². The zero-order chi connectivity index (χ0) is 13.9. The van der Waals surface area contributed by atoms with Gasteiger partial charge in [-0.1, -0.05) is 43.3 Å². The molecule has 2 aromatic carbocycles. The van der Waals surface area contributed by atoms with Crippen LogP contribution in [0.4, 0.5) is 11.4 Å². The van der Waals surface area contributed by atoms with E-state index in [9.17, 15) is 4.79 Å². The van der Waals surface area contributed by atoms with Gasteiger partial charge in [0.1, 0.15) is 6.04 Å². The van der Waals surface area contributed by atoms with Gasteiger partial charge in [0.05, 0.1) is 0 Å². The SMILES string of the molecule is CCc1ccccc1NC(=O)C1Cc2ccccc2N1. The molecule has 1 atom stereocenters. The van der Waals surface area contributed by atoms with Crippen LogP contribution in [0.1, 0.15) is 18.1 Å². The Labute approximate surface area is 119 Å². The molecule has 2 N–H and O–H groups in total. The fourth-order valence-electron chi connectivity index (χ4n) is 2.63. The van der Waals surface area contributed by atoms with Crippen molar-refractivity contribution in [2.45, 2.75) is 25.8 Å². The van der Waals surface area contributed by atoms with Gasteiger partial charge in [0, 0.05) is 17.8 Å². The minimum absolute atomic E-state index is 0.0297. The number of hydrogen-bond donors (Lipinski definition) is 2. The average Bonchev–Trinajstić information content (AvgIpc) is 2.92. The maximum Gasteiger partial charge on any atom is 0.247 e. The second-order valence-electron chi connectivity index (χ2n) is 5.06. The van der Waals surface area contributed by atoms with E-state index in [4.69, 9.17) is 0 Å². The van der Waals surface area contributed by atoms with Crippen LogP contribution in [0.15, 0.2) is 48.5 Å². The summed E-state index contributed by atoms with van der Waals surface area (Å²) < 4.78 is 0. The summed E-state index contributed by atoms with van der Waals surface area (Å²) >= 11 is 0. The van der Waals surface area contributed by atoms with Crippen molar-refractivity contribution in [1.82, 2.24) is 0 Å². The summed E-state index contributed by atoms with van der Waals surface area (Å²) in [7, 11) is 0. The van der Waals surface area contributed by atoms with Crippen molar-refractivity contribution in [3.63, 3.8) is 0 Å². The van der Waals surface area contributed by atoms with E-state index in [1.165, 1.54) is 5.56 Å². The van der Waals surface area contributed by atoms with E-state index < -0.39 is 0 Å². The quantitative estimate of drug-likeness (QED) is 0.895. The van der Waals surface area contributed by atoms with Crippen LogP contribution in [0.2, 0.25) is 0 Å². The first kappa shape index (κ1) is 12.7. The number of anilines is 2. The van der Waals surface area contributed by atoms with Gasteiger partial charge in [-0.2, -0.15) is 0 Å². The van der Waals surface area contributed by atoms with Crippen molar-refractivity contribution in [3.8, 4) is 0 Å². The third-order valence-corrected chi connectivity index (χ3v) is 3.74. The molecule has 0 spiro atoms. The second-order valence-corrected chi connectivity index (χ2v) is 5.06. The van der Waals surface area contributed by atoms with Crippen molar-refractivity contribution < 1.29 is 4.79 Å². The highest BCUT2D eigenvalue weighted by Crippen LogP contribution is 2.26. The molecule has 0 aromatic heterocycles. The molecule has 1 unspecified atom stereocenters. The number of fused-ring (bicyclic) bond motifs is 1. The lowest BCUT2D eigenvalue weighted by Crippen LogP contribution is -2.33. The van der Waals surface area contributed by atoms with Crippen LogP contribution in [0.5, 0.6) is 0 Å². The predicted molar refractivity (Wildman–Crippen MR) is 82.0 cm³/mol. The first-order chi connectivity index (χ1) is 9.78. The first-order valence-corrected chi connectivity index (χ1v) is 7.01. The predicted octanol–water partition coefficient (Wildman–Crippen LogP) is 3.22. The van der Waals surface area contributed by atoms with Gasteiger partial charge in [-0.15, -0.1) is 0 Å². The molecule has 3 nitrogen and oxygen atoms in total. The number of amides is 1. The van der Waals surface area contributed by atoms with Crippen LogP contribution >= 0.6 is 0 Å². The topological polar surface area (TPSA) is 41.1 Å². The zero-order valence-electron chi connectivity index (χ0n) is 11.5. The molecule has 0 fully saturated rings. The van der Waals surface area contributed by atoms with Crippen LogP contribution in [0.3, 0.4) is 0 Å². The van der Waals surface area contributed by atoms with Crippen LogP contribution < -0.4 is 10.6 Å². The Morgan fingerprint density at radius 2 is 1.95 bits per heavy atom. The number of aryl methyl sites for hydroxylation is 1. The van der Waals surface area contributed by atoms with E-state index in [-0.39, 0.29) is 11.9 Å². The van der Waals surface area contributed by atoms with Gasteiger partial charge in [0.25, 0.3) is 0 Å². The highest BCUT2D eigenvalue weighted by Gasteiger charge is 2.26. The third-order valence-electron chi connectivity index (χ3n) is 3.74. The Bertz CT molecular complexity index is 611. The lowest BCUT2D eigenvalue weighted by Gasteiger charge is -2.14. The van der Waals surface area contributed by atoms with Gasteiger partial charge < -0.3 is 10.6 Å². The number of para-hydroxylation sites is 2. The van der Waals surface area contributed by atoms with Crippen molar-refractivity contribution in [2.75, 3.05) is 10.6 Å². The molecule has 0 radical (unpaired) electrons. The maximum absolute atomic E-state index is 12.4. The smallest absolute Gasteiger partial charge is 0.247 e. The molecule has 1 aliphatic heterocycles. The van der Waals surface area contributed by atoms with Gasteiger partial charge in [0.2, 0.25) is 5.91 Å². The number of nitrogens with one attached hydrogen (secondary N) is 2. The minimum Gasteiger partial charge on any atom is -0.373 e. The fourth-order valence-corrected chi connectivity index (χ4v) is 2.63. The number of carbonyl (C=O) groups excluding carboxylic acids is 1. The molecular weight excluding hydrogens is 248 g/mol. The summed E-state index contributed by atoms with van der Waals surface area (Å²) in [6, 6.07) is 15.8. The van der Waals surface area contributed by atoms with Crippen molar-refractivity contribution in [3.05, 3.63) is 59.7 Å². The lowest BCUT2D eigenvalue weighted by molar-refractivity contribution is -0.116. The third kappa shape index (κ3) is 2.39. The Morgan fingerprint density at radius 3 is 2.75 bits per heavy atom. The Morgan fingerprint density at radius 1 is 1.20 bits per heavy atom. The molecule has 0 aliphatic carbocycles. The van der Waals surface area contributed by atoms with E-state index in [1.807, 2.05) is 42.5 Å². The minimum atomic E-state index is -0.183. The van der Waals surface area contributed by atoms with Crippen LogP contribution in [0, 0.1) is 0 Å². The average molecular weight is 266 g/mol. The number of carbonyl (C=O) groups is 1. The van der Waals surface area contributed by atoms with Gasteiger partial charge >= 0.3 is 0 Å². The molecule has 0 saturated carbocycles. The van der Waals surface area contributed by atoms with E-state index >= 15 is 0 Å². The van der Waals surface area contributed by atoms with Crippen molar-refractivity contribution >= 4 is 17.3 Å². The van der Waals surface area contributed by atoms with E-state index in [1.54, 1.807) is 0 Å². The summed E-state index contributed by atoms with van der Waals surface area (Å²) in [5.41, 5.74) is 4.35. The fraction of sp³-hybridized carbons (Fsp3) is 0.235. The lowest BCUT2D eigenvalue weighted by atomic mass is 10.1. The Balaban J connectivity index is 1.72. The van der Waals surface area contributed by atoms with Crippen LogP contribution in [-0.2, 0) is 17.6 Å². The number of rotatable bonds is 3. The molecule has 1 amide bonds. The molecule has 102 valence electrons.